The highest BCUT2D eigenvalue weighted by Gasteiger charge is 2.22. The summed E-state index contributed by atoms with van der Waals surface area (Å²) in [7, 11) is -2.52. The quantitative estimate of drug-likeness (QED) is 0.809. The predicted molar refractivity (Wildman–Crippen MR) is 85.0 cm³/mol. The fraction of sp³-hybridized carbons (Fsp3) is 0.286. The molecule has 1 aromatic heterocycles. The maximum absolute atomic E-state index is 12.9. The molecule has 2 aromatic rings. The van der Waals surface area contributed by atoms with Crippen LogP contribution in [0.4, 0.5) is 4.39 Å². The minimum Gasteiger partial charge on any atom is -0.355 e. The molecule has 0 aliphatic carbocycles. The molecule has 0 saturated heterocycles. The molecule has 23 heavy (non-hydrogen) atoms. The number of sulfonamides is 1. The molecule has 0 aliphatic rings. The summed E-state index contributed by atoms with van der Waals surface area (Å²) >= 11 is 1.49. The number of rotatable bonds is 7. The number of nitrogens with zero attached hydrogens (tertiary/aromatic N) is 2. The van der Waals surface area contributed by atoms with Crippen LogP contribution in [0, 0.1) is 5.82 Å². The summed E-state index contributed by atoms with van der Waals surface area (Å²) in [6, 6.07) is 4.46. The summed E-state index contributed by atoms with van der Waals surface area (Å²) in [6.07, 6.45) is 2.28. The smallest absolute Gasteiger partial charge is 0.243 e. The number of nitrogens with one attached hydrogen (secondary N) is 1. The molecular formula is C14H16FN3O3S2. The van der Waals surface area contributed by atoms with Crippen LogP contribution in [-0.4, -0.2) is 43.8 Å². The van der Waals surface area contributed by atoms with E-state index in [4.69, 9.17) is 0 Å². The number of carbonyl (C=O) groups is 1. The molecule has 0 fully saturated rings. The molecule has 1 heterocycles. The Balaban J connectivity index is 1.88. The van der Waals surface area contributed by atoms with Crippen LogP contribution in [0.15, 0.2) is 40.7 Å². The van der Waals surface area contributed by atoms with Crippen molar-refractivity contribution < 1.29 is 17.6 Å². The first-order valence-corrected chi connectivity index (χ1v) is 9.08. The van der Waals surface area contributed by atoms with Gasteiger partial charge >= 0.3 is 0 Å². The molecule has 6 nitrogen and oxygen atoms in total. The lowest BCUT2D eigenvalue weighted by Gasteiger charge is -2.16. The van der Waals surface area contributed by atoms with E-state index in [1.54, 1.807) is 6.20 Å². The van der Waals surface area contributed by atoms with Crippen molar-refractivity contribution in [3.05, 3.63) is 46.7 Å². The van der Waals surface area contributed by atoms with Crippen molar-refractivity contribution in [3.63, 3.8) is 0 Å². The molecule has 9 heteroatoms. The topological polar surface area (TPSA) is 79.4 Å². The Hall–Kier alpha value is -1.84. The minimum absolute atomic E-state index is 0.0583. The molecule has 0 spiro atoms. The zero-order chi connectivity index (χ0) is 16.9. The van der Waals surface area contributed by atoms with Crippen LogP contribution >= 0.6 is 11.3 Å². The Bertz CT molecular complexity index is 746. The van der Waals surface area contributed by atoms with Crippen molar-refractivity contribution in [1.29, 1.82) is 0 Å². The van der Waals surface area contributed by atoms with Crippen LogP contribution in [0.25, 0.3) is 0 Å². The van der Waals surface area contributed by atoms with Crippen LogP contribution in [0.2, 0.25) is 0 Å². The van der Waals surface area contributed by atoms with Gasteiger partial charge in [-0.3, -0.25) is 4.79 Å². The lowest BCUT2D eigenvalue weighted by molar-refractivity contribution is -0.121. The second-order valence-electron chi connectivity index (χ2n) is 4.74. The van der Waals surface area contributed by atoms with Crippen LogP contribution in [-0.2, 0) is 21.2 Å². The van der Waals surface area contributed by atoms with Gasteiger partial charge in [0.1, 0.15) is 5.82 Å². The molecule has 0 bridgehead atoms. The molecule has 124 valence electrons. The number of thiazole rings is 1. The number of amides is 1. The summed E-state index contributed by atoms with van der Waals surface area (Å²) in [5.41, 5.74) is 0. The Morgan fingerprint density at radius 3 is 2.65 bits per heavy atom. The van der Waals surface area contributed by atoms with E-state index >= 15 is 0 Å². The van der Waals surface area contributed by atoms with Crippen molar-refractivity contribution in [3.8, 4) is 0 Å². The molecule has 2 rings (SSSR count). The second-order valence-corrected chi connectivity index (χ2v) is 7.76. The zero-order valence-electron chi connectivity index (χ0n) is 12.4. The average molecular weight is 357 g/mol. The van der Waals surface area contributed by atoms with Gasteiger partial charge in [0, 0.05) is 31.6 Å². The van der Waals surface area contributed by atoms with Crippen molar-refractivity contribution in [1.82, 2.24) is 14.6 Å². The Morgan fingerprint density at radius 1 is 1.35 bits per heavy atom. The number of benzene rings is 1. The first-order chi connectivity index (χ1) is 10.9. The lowest BCUT2D eigenvalue weighted by Crippen LogP contribution is -2.39. The molecule has 0 saturated carbocycles. The molecule has 1 amide bonds. The largest absolute Gasteiger partial charge is 0.355 e. The normalized spacial score (nSPS) is 11.6. The third kappa shape index (κ3) is 4.81. The predicted octanol–water partition coefficient (Wildman–Crippen LogP) is 1.26. The Morgan fingerprint density at radius 2 is 2.04 bits per heavy atom. The van der Waals surface area contributed by atoms with E-state index in [1.807, 2.05) is 5.38 Å². The maximum atomic E-state index is 12.9. The van der Waals surface area contributed by atoms with Gasteiger partial charge < -0.3 is 5.32 Å². The van der Waals surface area contributed by atoms with Gasteiger partial charge in [0.15, 0.2) is 0 Å². The van der Waals surface area contributed by atoms with E-state index in [2.05, 4.69) is 10.3 Å². The van der Waals surface area contributed by atoms with E-state index in [0.717, 1.165) is 21.4 Å². The van der Waals surface area contributed by atoms with Crippen molar-refractivity contribution in [2.45, 2.75) is 11.3 Å². The summed E-state index contributed by atoms with van der Waals surface area (Å²) in [4.78, 5) is 15.9. The summed E-state index contributed by atoms with van der Waals surface area (Å²) in [6.45, 7) is 0.0777. The van der Waals surface area contributed by atoms with Gasteiger partial charge in [-0.05, 0) is 24.3 Å². The molecule has 0 unspecified atom stereocenters. The molecule has 0 atom stereocenters. The number of hydrogen-bond acceptors (Lipinski definition) is 5. The first kappa shape index (κ1) is 17.5. The van der Waals surface area contributed by atoms with Gasteiger partial charge in [-0.1, -0.05) is 0 Å². The van der Waals surface area contributed by atoms with Crippen LogP contribution in [0.1, 0.15) is 5.01 Å². The molecular weight excluding hydrogens is 341 g/mol. The van der Waals surface area contributed by atoms with E-state index in [-0.39, 0.29) is 11.4 Å². The van der Waals surface area contributed by atoms with Gasteiger partial charge in [0.05, 0.1) is 16.4 Å². The third-order valence-corrected chi connectivity index (χ3v) is 5.69. The molecule has 1 N–H and O–H groups in total. The van der Waals surface area contributed by atoms with E-state index in [9.17, 15) is 17.6 Å². The fourth-order valence-electron chi connectivity index (χ4n) is 1.81. The number of carbonyl (C=O) groups excluding carboxylic acids is 1. The van der Waals surface area contributed by atoms with E-state index < -0.39 is 21.7 Å². The summed E-state index contributed by atoms with van der Waals surface area (Å²) in [5.74, 6) is -0.929. The average Bonchev–Trinajstić information content (AvgIpc) is 3.01. The maximum Gasteiger partial charge on any atom is 0.243 e. The van der Waals surface area contributed by atoms with Crippen molar-refractivity contribution in [2.24, 2.45) is 0 Å². The Kier molecular flexibility index (Phi) is 5.80. The van der Waals surface area contributed by atoms with Crippen molar-refractivity contribution >= 4 is 27.3 Å². The van der Waals surface area contributed by atoms with Gasteiger partial charge in [-0.2, -0.15) is 4.31 Å². The summed E-state index contributed by atoms with van der Waals surface area (Å²) < 4.78 is 38.3. The molecule has 1 aromatic carbocycles. The van der Waals surface area contributed by atoms with Crippen LogP contribution in [0.5, 0.6) is 0 Å². The monoisotopic (exact) mass is 357 g/mol. The number of aromatic nitrogens is 1. The van der Waals surface area contributed by atoms with Crippen LogP contribution in [0.3, 0.4) is 0 Å². The van der Waals surface area contributed by atoms with Gasteiger partial charge in [-0.15, -0.1) is 11.3 Å². The highest BCUT2D eigenvalue weighted by Crippen LogP contribution is 2.14. The highest BCUT2D eigenvalue weighted by atomic mass is 32.2. The van der Waals surface area contributed by atoms with Gasteiger partial charge in [0.25, 0.3) is 0 Å². The lowest BCUT2D eigenvalue weighted by atomic mass is 10.4. The molecule has 0 aliphatic heterocycles. The standard InChI is InChI=1S/C14H16FN3O3S2/c1-18(23(20,21)12-4-2-11(15)3-5-12)10-13(19)16-7-6-14-17-8-9-22-14/h2-5,8-9H,6-7,10H2,1H3,(H,16,19). The van der Waals surface area contributed by atoms with E-state index in [1.165, 1.54) is 30.5 Å². The zero-order valence-corrected chi connectivity index (χ0v) is 14.0. The minimum atomic E-state index is -3.82. The Labute approximate surface area is 138 Å². The fourth-order valence-corrected chi connectivity index (χ4v) is 3.56. The molecule has 0 radical (unpaired) electrons. The van der Waals surface area contributed by atoms with Crippen LogP contribution < -0.4 is 5.32 Å². The van der Waals surface area contributed by atoms with Crippen molar-refractivity contribution in [2.75, 3.05) is 20.1 Å². The number of halogens is 1. The van der Waals surface area contributed by atoms with Gasteiger partial charge in [-0.25, -0.2) is 17.8 Å². The first-order valence-electron chi connectivity index (χ1n) is 6.76. The highest BCUT2D eigenvalue weighted by molar-refractivity contribution is 7.89. The second kappa shape index (κ2) is 7.62. The van der Waals surface area contributed by atoms with Gasteiger partial charge in [0.2, 0.25) is 15.9 Å². The SMILES string of the molecule is CN(CC(=O)NCCc1nccs1)S(=O)(=O)c1ccc(F)cc1. The summed E-state index contributed by atoms with van der Waals surface area (Å²) in [5, 5.41) is 5.39. The number of likely N-dealkylation sites (N-methyl/N-ethyl adjacent to an activating group) is 1. The third-order valence-electron chi connectivity index (χ3n) is 3.03. The number of hydrogen-bond donors (Lipinski definition) is 1. The van der Waals surface area contributed by atoms with E-state index in [0.29, 0.717) is 13.0 Å².